The predicted molar refractivity (Wildman–Crippen MR) is 56.5 cm³/mol. The quantitative estimate of drug-likeness (QED) is 0.788. The maximum Gasteiger partial charge on any atom is 0.255 e. The number of nitrogens with one attached hydrogen (secondary N) is 1. The van der Waals surface area contributed by atoms with E-state index < -0.39 is 13.0 Å². The first-order valence-electron chi connectivity index (χ1n) is 4.95. The Labute approximate surface area is 94.6 Å². The summed E-state index contributed by atoms with van der Waals surface area (Å²) in [4.78, 5) is 12.8. The van der Waals surface area contributed by atoms with Crippen molar-refractivity contribution >= 4 is 18.3 Å². The third-order valence-electron chi connectivity index (χ3n) is 2.29. The highest BCUT2D eigenvalue weighted by atomic mass is 35.5. The van der Waals surface area contributed by atoms with Crippen molar-refractivity contribution in [2.75, 3.05) is 19.6 Å². The summed E-state index contributed by atoms with van der Waals surface area (Å²) in [5.41, 5.74) is 0. The lowest BCUT2D eigenvalue weighted by Crippen LogP contribution is -2.55. The average molecular weight is 243 g/mol. The Balaban J connectivity index is 0.00000196. The number of carbonyl (C=O) groups is 1. The summed E-state index contributed by atoms with van der Waals surface area (Å²) in [6.07, 6.45) is -0.960. The maximum atomic E-state index is 12.1. The average Bonchev–Trinajstić information content (AvgIpc) is 1.99. The van der Waals surface area contributed by atoms with Crippen LogP contribution in [0.1, 0.15) is 19.8 Å². The number of carbonyl (C=O) groups excluding carboxylic acids is 1. The van der Waals surface area contributed by atoms with Crippen LogP contribution in [0.15, 0.2) is 0 Å². The molecule has 1 saturated heterocycles. The van der Waals surface area contributed by atoms with Gasteiger partial charge in [0, 0.05) is 6.54 Å². The van der Waals surface area contributed by atoms with Gasteiger partial charge in [-0.25, -0.2) is 8.78 Å². The van der Waals surface area contributed by atoms with E-state index in [9.17, 15) is 13.6 Å². The Morgan fingerprint density at radius 1 is 1.60 bits per heavy atom. The molecule has 0 aromatic carbocycles. The predicted octanol–water partition coefficient (Wildman–Crippen LogP) is 1.27. The topological polar surface area (TPSA) is 32.3 Å². The maximum absolute atomic E-state index is 12.1. The molecular formula is C9H17ClF2N2O. The SMILES string of the molecule is CCCN(CC(F)F)C(=O)[C@H]1CCN1.Cl. The van der Waals surface area contributed by atoms with E-state index in [4.69, 9.17) is 0 Å². The zero-order valence-corrected chi connectivity index (χ0v) is 9.53. The van der Waals surface area contributed by atoms with Gasteiger partial charge in [0.1, 0.15) is 0 Å². The van der Waals surface area contributed by atoms with Crippen LogP contribution in [0.3, 0.4) is 0 Å². The number of nitrogens with zero attached hydrogens (tertiary/aromatic N) is 1. The summed E-state index contributed by atoms with van der Waals surface area (Å²) >= 11 is 0. The second kappa shape index (κ2) is 6.95. The smallest absolute Gasteiger partial charge is 0.255 e. The Morgan fingerprint density at radius 3 is 2.53 bits per heavy atom. The lowest BCUT2D eigenvalue weighted by molar-refractivity contribution is -0.137. The fourth-order valence-corrected chi connectivity index (χ4v) is 1.45. The third kappa shape index (κ3) is 4.30. The molecule has 1 atom stereocenters. The number of halogens is 3. The molecule has 1 aliphatic rings. The van der Waals surface area contributed by atoms with E-state index in [0.29, 0.717) is 13.0 Å². The number of alkyl halides is 2. The van der Waals surface area contributed by atoms with Gasteiger partial charge in [0.15, 0.2) is 0 Å². The molecule has 1 fully saturated rings. The first-order valence-corrected chi connectivity index (χ1v) is 4.95. The van der Waals surface area contributed by atoms with Crippen molar-refractivity contribution in [3.8, 4) is 0 Å². The van der Waals surface area contributed by atoms with Crippen molar-refractivity contribution < 1.29 is 13.6 Å². The summed E-state index contributed by atoms with van der Waals surface area (Å²) in [5, 5.41) is 2.92. The lowest BCUT2D eigenvalue weighted by Gasteiger charge is -2.32. The van der Waals surface area contributed by atoms with Crippen molar-refractivity contribution in [2.45, 2.75) is 32.2 Å². The molecule has 1 N–H and O–H groups in total. The summed E-state index contributed by atoms with van der Waals surface area (Å²) in [5.74, 6) is -0.182. The van der Waals surface area contributed by atoms with E-state index in [0.717, 1.165) is 13.0 Å². The van der Waals surface area contributed by atoms with Crippen LogP contribution in [0.4, 0.5) is 8.78 Å². The Hall–Kier alpha value is -0.420. The molecule has 0 saturated carbocycles. The van der Waals surface area contributed by atoms with Gasteiger partial charge in [0.2, 0.25) is 5.91 Å². The van der Waals surface area contributed by atoms with Gasteiger partial charge in [-0.2, -0.15) is 0 Å². The second-order valence-corrected chi connectivity index (χ2v) is 3.47. The minimum absolute atomic E-state index is 0. The lowest BCUT2D eigenvalue weighted by atomic mass is 10.1. The molecule has 0 bridgehead atoms. The van der Waals surface area contributed by atoms with E-state index >= 15 is 0 Å². The summed E-state index contributed by atoms with van der Waals surface area (Å²) in [6.45, 7) is 2.66. The molecular weight excluding hydrogens is 226 g/mol. The zero-order chi connectivity index (χ0) is 10.6. The van der Waals surface area contributed by atoms with E-state index in [1.54, 1.807) is 0 Å². The molecule has 0 unspecified atom stereocenters. The molecule has 0 radical (unpaired) electrons. The molecule has 1 amide bonds. The van der Waals surface area contributed by atoms with Crippen LogP contribution >= 0.6 is 12.4 Å². The summed E-state index contributed by atoms with van der Waals surface area (Å²) in [6, 6.07) is -0.222. The molecule has 1 heterocycles. The summed E-state index contributed by atoms with van der Waals surface area (Å²) < 4.78 is 24.3. The third-order valence-corrected chi connectivity index (χ3v) is 2.29. The fraction of sp³-hybridized carbons (Fsp3) is 0.889. The van der Waals surface area contributed by atoms with Crippen LogP contribution in [0.25, 0.3) is 0 Å². The normalized spacial score (nSPS) is 19.3. The molecule has 90 valence electrons. The Morgan fingerprint density at radius 2 is 2.20 bits per heavy atom. The van der Waals surface area contributed by atoms with Crippen molar-refractivity contribution in [3.05, 3.63) is 0 Å². The van der Waals surface area contributed by atoms with E-state index in [1.165, 1.54) is 4.90 Å². The minimum Gasteiger partial charge on any atom is -0.336 e. The summed E-state index contributed by atoms with van der Waals surface area (Å²) in [7, 11) is 0. The Bertz CT molecular complexity index is 201. The monoisotopic (exact) mass is 242 g/mol. The van der Waals surface area contributed by atoms with Crippen molar-refractivity contribution in [1.82, 2.24) is 10.2 Å². The minimum atomic E-state index is -2.44. The molecule has 6 heteroatoms. The van der Waals surface area contributed by atoms with Crippen LogP contribution in [0.5, 0.6) is 0 Å². The van der Waals surface area contributed by atoms with Gasteiger partial charge in [-0.05, 0) is 19.4 Å². The van der Waals surface area contributed by atoms with E-state index in [1.807, 2.05) is 6.92 Å². The molecule has 3 nitrogen and oxygen atoms in total. The van der Waals surface area contributed by atoms with Gasteiger partial charge in [0.05, 0.1) is 12.6 Å². The number of hydrogen-bond donors (Lipinski definition) is 1. The van der Waals surface area contributed by atoms with Gasteiger partial charge in [-0.15, -0.1) is 12.4 Å². The van der Waals surface area contributed by atoms with Crippen LogP contribution in [-0.4, -0.2) is 42.9 Å². The standard InChI is InChI=1S/C9H16F2N2O.ClH/c1-2-5-13(6-8(10)11)9(14)7-3-4-12-7;/h7-8,12H,2-6H2,1H3;1H/t7-;/m1./s1. The molecule has 1 rings (SSSR count). The first-order chi connectivity index (χ1) is 6.65. The molecule has 0 spiro atoms. The van der Waals surface area contributed by atoms with Crippen LogP contribution < -0.4 is 5.32 Å². The van der Waals surface area contributed by atoms with Gasteiger partial charge >= 0.3 is 0 Å². The molecule has 0 aliphatic carbocycles. The Kier molecular flexibility index (Phi) is 6.76. The van der Waals surface area contributed by atoms with Crippen molar-refractivity contribution in [1.29, 1.82) is 0 Å². The zero-order valence-electron chi connectivity index (χ0n) is 8.71. The number of amides is 1. The number of rotatable bonds is 5. The van der Waals surface area contributed by atoms with Crippen LogP contribution in [0.2, 0.25) is 0 Å². The molecule has 0 aromatic heterocycles. The highest BCUT2D eigenvalue weighted by molar-refractivity contribution is 5.85. The largest absolute Gasteiger partial charge is 0.336 e. The van der Waals surface area contributed by atoms with Crippen LogP contribution in [0, 0.1) is 0 Å². The van der Waals surface area contributed by atoms with Gasteiger partial charge < -0.3 is 10.2 Å². The molecule has 1 aliphatic heterocycles. The van der Waals surface area contributed by atoms with E-state index in [2.05, 4.69) is 5.32 Å². The molecule has 0 aromatic rings. The van der Waals surface area contributed by atoms with Gasteiger partial charge in [0.25, 0.3) is 6.43 Å². The van der Waals surface area contributed by atoms with Gasteiger partial charge in [-0.1, -0.05) is 6.92 Å². The number of hydrogen-bond acceptors (Lipinski definition) is 2. The first kappa shape index (κ1) is 14.6. The highest BCUT2D eigenvalue weighted by Crippen LogP contribution is 2.09. The highest BCUT2D eigenvalue weighted by Gasteiger charge is 2.29. The van der Waals surface area contributed by atoms with Gasteiger partial charge in [-0.3, -0.25) is 4.79 Å². The van der Waals surface area contributed by atoms with Crippen molar-refractivity contribution in [2.24, 2.45) is 0 Å². The fourth-order valence-electron chi connectivity index (χ4n) is 1.45. The molecule has 15 heavy (non-hydrogen) atoms. The van der Waals surface area contributed by atoms with E-state index in [-0.39, 0.29) is 24.4 Å². The van der Waals surface area contributed by atoms with Crippen molar-refractivity contribution in [3.63, 3.8) is 0 Å². The van der Waals surface area contributed by atoms with Crippen LogP contribution in [-0.2, 0) is 4.79 Å². The second-order valence-electron chi connectivity index (χ2n) is 3.47.